The van der Waals surface area contributed by atoms with Crippen LogP contribution in [0.4, 0.5) is 0 Å². The maximum atomic E-state index is 5.09. The van der Waals surface area contributed by atoms with Crippen molar-refractivity contribution in [2.45, 2.75) is 0 Å². The fourth-order valence-electron chi connectivity index (χ4n) is 6.17. The predicted octanol–water partition coefficient (Wildman–Crippen LogP) is 9.44. The van der Waals surface area contributed by atoms with E-state index >= 15 is 0 Å². The van der Waals surface area contributed by atoms with Crippen molar-refractivity contribution in [3.05, 3.63) is 146 Å². The van der Waals surface area contributed by atoms with E-state index in [0.29, 0.717) is 0 Å². The van der Waals surface area contributed by atoms with Crippen LogP contribution in [-0.4, -0.2) is 30.2 Å². The lowest BCUT2D eigenvalue weighted by molar-refractivity contribution is 0.316. The lowest BCUT2D eigenvalue weighted by Crippen LogP contribution is -1.94. The topological polar surface area (TPSA) is 90.5 Å². The number of nitrogens with zero attached hydrogens (tertiary/aromatic N) is 6. The Balaban J connectivity index is 1.08. The molecule has 0 spiro atoms. The summed E-state index contributed by atoms with van der Waals surface area (Å²) in [4.78, 5) is 19.1. The SMILES string of the molecule is c1ccc(-c2cc(-c3ccc(-c4ccc(-c5nc6ccccc6c6c5ccc5nonc56)cc4)cc3)cc(-c3ccccn3)n2)nc1. The van der Waals surface area contributed by atoms with E-state index in [2.05, 4.69) is 93.1 Å². The van der Waals surface area contributed by atoms with Crippen molar-refractivity contribution in [1.82, 2.24) is 30.2 Å². The zero-order chi connectivity index (χ0) is 31.2. The largest absolute Gasteiger partial charge is 0.255 e. The normalized spacial score (nSPS) is 11.4. The molecule has 7 heteroatoms. The molecule has 220 valence electrons. The summed E-state index contributed by atoms with van der Waals surface area (Å²) in [7, 11) is 0. The van der Waals surface area contributed by atoms with E-state index in [1.165, 1.54) is 0 Å². The summed E-state index contributed by atoms with van der Waals surface area (Å²) in [5.74, 6) is 0. The highest BCUT2D eigenvalue weighted by molar-refractivity contribution is 6.20. The second kappa shape index (κ2) is 11.1. The van der Waals surface area contributed by atoms with Crippen molar-refractivity contribution in [1.29, 1.82) is 0 Å². The average molecular weight is 605 g/mol. The van der Waals surface area contributed by atoms with E-state index in [9.17, 15) is 0 Å². The van der Waals surface area contributed by atoms with Crippen LogP contribution in [0.25, 0.3) is 89.0 Å². The maximum Gasteiger partial charge on any atom is 0.143 e. The third-order valence-electron chi connectivity index (χ3n) is 8.48. The molecule has 0 radical (unpaired) electrons. The van der Waals surface area contributed by atoms with E-state index in [1.54, 1.807) is 12.4 Å². The van der Waals surface area contributed by atoms with E-state index in [-0.39, 0.29) is 0 Å². The van der Waals surface area contributed by atoms with Crippen LogP contribution in [0.1, 0.15) is 0 Å². The fourth-order valence-corrected chi connectivity index (χ4v) is 6.17. The first-order chi connectivity index (χ1) is 23.3. The molecule has 0 aliphatic carbocycles. The van der Waals surface area contributed by atoms with Crippen molar-refractivity contribution in [2.24, 2.45) is 0 Å². The summed E-state index contributed by atoms with van der Waals surface area (Å²) >= 11 is 0. The molecule has 0 atom stereocenters. The summed E-state index contributed by atoms with van der Waals surface area (Å²) in [5, 5.41) is 11.3. The lowest BCUT2D eigenvalue weighted by Gasteiger charge is -2.11. The second-order valence-electron chi connectivity index (χ2n) is 11.3. The minimum absolute atomic E-state index is 0.728. The first kappa shape index (κ1) is 26.8. The summed E-state index contributed by atoms with van der Waals surface area (Å²) in [6, 6.07) is 45.2. The molecule has 0 aliphatic heterocycles. The van der Waals surface area contributed by atoms with Gasteiger partial charge in [-0.15, -0.1) is 0 Å². The van der Waals surface area contributed by atoms with Gasteiger partial charge in [0.15, 0.2) is 0 Å². The van der Waals surface area contributed by atoms with Gasteiger partial charge in [-0.05, 0) is 87.2 Å². The van der Waals surface area contributed by atoms with Crippen LogP contribution in [-0.2, 0) is 0 Å². The van der Waals surface area contributed by atoms with Gasteiger partial charge >= 0.3 is 0 Å². The van der Waals surface area contributed by atoms with Crippen molar-refractivity contribution in [3.8, 4) is 56.3 Å². The van der Waals surface area contributed by atoms with Crippen LogP contribution < -0.4 is 0 Å². The van der Waals surface area contributed by atoms with E-state index in [0.717, 1.165) is 89.0 Å². The Morgan fingerprint density at radius 3 is 1.64 bits per heavy atom. The number of rotatable bonds is 5. The minimum atomic E-state index is 0.728. The molecule has 0 amide bonds. The molecule has 4 aromatic carbocycles. The molecule has 9 aromatic rings. The smallest absolute Gasteiger partial charge is 0.143 e. The van der Waals surface area contributed by atoms with Gasteiger partial charge in [0.25, 0.3) is 0 Å². The van der Waals surface area contributed by atoms with Gasteiger partial charge < -0.3 is 0 Å². The standard InChI is InChI=1S/C40H24N6O/c1-2-8-32-30(7-1)38-31(19-20-35-40(38)46-47-45-35)39(44-32)28-17-15-26(16-18-28)25-11-13-27(14-12-25)29-23-36(33-9-3-5-21-41-33)43-37(24-29)34-10-4-6-22-42-34/h1-24H. The van der Waals surface area contributed by atoms with Crippen molar-refractivity contribution in [2.75, 3.05) is 0 Å². The van der Waals surface area contributed by atoms with Gasteiger partial charge in [0, 0.05) is 34.1 Å². The summed E-state index contributed by atoms with van der Waals surface area (Å²) in [6.45, 7) is 0. The number of hydrogen-bond acceptors (Lipinski definition) is 7. The monoisotopic (exact) mass is 604 g/mol. The molecule has 0 N–H and O–H groups in total. The summed E-state index contributed by atoms with van der Waals surface area (Å²) in [5.41, 5.74) is 11.9. The van der Waals surface area contributed by atoms with Crippen LogP contribution in [0.5, 0.6) is 0 Å². The Kier molecular flexibility index (Phi) is 6.31. The van der Waals surface area contributed by atoms with E-state index in [1.807, 2.05) is 60.7 Å². The van der Waals surface area contributed by atoms with Crippen LogP contribution in [0.2, 0.25) is 0 Å². The summed E-state index contributed by atoms with van der Waals surface area (Å²) in [6.07, 6.45) is 3.57. The Morgan fingerprint density at radius 2 is 1.00 bits per heavy atom. The van der Waals surface area contributed by atoms with Gasteiger partial charge in [-0.2, -0.15) is 0 Å². The van der Waals surface area contributed by atoms with Crippen LogP contribution in [0.3, 0.4) is 0 Å². The Labute approximate surface area is 269 Å². The maximum absolute atomic E-state index is 5.09. The highest BCUT2D eigenvalue weighted by Gasteiger charge is 2.16. The number of benzene rings is 4. The quantitative estimate of drug-likeness (QED) is 0.181. The molecule has 0 fully saturated rings. The predicted molar refractivity (Wildman–Crippen MR) is 185 cm³/mol. The zero-order valence-electron chi connectivity index (χ0n) is 24.9. The van der Waals surface area contributed by atoms with Gasteiger partial charge in [-0.1, -0.05) is 78.9 Å². The molecule has 0 saturated heterocycles. The molecule has 9 rings (SSSR count). The highest BCUT2D eigenvalue weighted by Crippen LogP contribution is 2.37. The summed E-state index contributed by atoms with van der Waals surface area (Å²) < 4.78 is 5.09. The van der Waals surface area contributed by atoms with Gasteiger partial charge in [0.05, 0.1) is 34.0 Å². The van der Waals surface area contributed by atoms with Crippen LogP contribution in [0, 0.1) is 0 Å². The van der Waals surface area contributed by atoms with Gasteiger partial charge in [-0.3, -0.25) is 9.97 Å². The third kappa shape index (κ3) is 4.78. The minimum Gasteiger partial charge on any atom is -0.255 e. The Morgan fingerprint density at radius 1 is 0.404 bits per heavy atom. The Hall–Kier alpha value is -6.60. The molecular weight excluding hydrogens is 580 g/mol. The van der Waals surface area contributed by atoms with Gasteiger partial charge in [0.2, 0.25) is 0 Å². The van der Waals surface area contributed by atoms with Crippen LogP contribution in [0.15, 0.2) is 150 Å². The molecule has 0 bridgehead atoms. The number of pyridine rings is 4. The highest BCUT2D eigenvalue weighted by atomic mass is 16.6. The van der Waals surface area contributed by atoms with Crippen molar-refractivity contribution < 1.29 is 4.63 Å². The third-order valence-corrected chi connectivity index (χ3v) is 8.48. The van der Waals surface area contributed by atoms with Crippen LogP contribution >= 0.6 is 0 Å². The number of para-hydroxylation sites is 1. The lowest BCUT2D eigenvalue weighted by atomic mass is 9.96. The number of fused-ring (bicyclic) bond motifs is 5. The van der Waals surface area contributed by atoms with E-state index in [4.69, 9.17) is 14.6 Å². The van der Waals surface area contributed by atoms with Crippen molar-refractivity contribution >= 4 is 32.7 Å². The first-order valence-corrected chi connectivity index (χ1v) is 15.3. The Bertz CT molecular complexity index is 2490. The molecule has 7 nitrogen and oxygen atoms in total. The number of hydrogen-bond donors (Lipinski definition) is 0. The second-order valence-corrected chi connectivity index (χ2v) is 11.3. The molecule has 0 saturated carbocycles. The molecule has 47 heavy (non-hydrogen) atoms. The molecular formula is C40H24N6O. The van der Waals surface area contributed by atoms with Crippen molar-refractivity contribution in [3.63, 3.8) is 0 Å². The van der Waals surface area contributed by atoms with E-state index < -0.39 is 0 Å². The van der Waals surface area contributed by atoms with Gasteiger partial charge in [0.1, 0.15) is 11.0 Å². The first-order valence-electron chi connectivity index (χ1n) is 15.3. The molecule has 0 aliphatic rings. The number of aromatic nitrogens is 6. The fraction of sp³-hybridized carbons (Fsp3) is 0. The molecule has 0 unspecified atom stereocenters. The average Bonchev–Trinajstić information content (AvgIpc) is 3.65. The van der Waals surface area contributed by atoms with Gasteiger partial charge in [-0.25, -0.2) is 14.6 Å². The zero-order valence-corrected chi connectivity index (χ0v) is 24.9. The molecule has 5 heterocycles. The molecule has 5 aromatic heterocycles.